The van der Waals surface area contributed by atoms with E-state index in [1.807, 2.05) is 0 Å². The molecule has 0 aromatic rings. The molecule has 0 aliphatic heterocycles. The molecule has 0 aromatic carbocycles. The molecule has 0 aromatic heterocycles. The maximum absolute atomic E-state index is 10.7. The van der Waals surface area contributed by atoms with Crippen molar-refractivity contribution in [3.63, 3.8) is 0 Å². The Morgan fingerprint density at radius 2 is 1.62 bits per heavy atom. The smallest absolute Gasteiger partial charge is 0.331 e. The molecule has 0 aliphatic carbocycles. The van der Waals surface area contributed by atoms with Crippen LogP contribution in [0.5, 0.6) is 0 Å². The molecule has 1 atom stereocenters. The number of aliphatic hydroxyl groups excluding tert-OH is 1. The fourth-order valence-corrected chi connectivity index (χ4v) is 0.793. The summed E-state index contributed by atoms with van der Waals surface area (Å²) >= 11 is 0. The van der Waals surface area contributed by atoms with Gasteiger partial charge in [-0.05, 0) is 0 Å². The van der Waals surface area contributed by atoms with Crippen LogP contribution in [0.25, 0.3) is 0 Å². The summed E-state index contributed by atoms with van der Waals surface area (Å²) in [5, 5.41) is 8.38. The number of carbonyl (C=O) groups is 3. The predicted octanol–water partition coefficient (Wildman–Crippen LogP) is -0.983. The maximum Gasteiger partial charge on any atom is 0.331 e. The summed E-state index contributed by atoms with van der Waals surface area (Å²) < 4.78 is 13.9. The van der Waals surface area contributed by atoms with Crippen molar-refractivity contribution in [2.75, 3.05) is 19.8 Å². The summed E-state index contributed by atoms with van der Waals surface area (Å²) in [7, 11) is 0. The standard InChI is InChI=1S/C9H14O7/c1-6(11)14-4-8(16-7(2)12)5-15-9(13)3-10/h8,10H,3-5H2,1-2H3. The molecule has 7 nitrogen and oxygen atoms in total. The normalized spacial score (nSPS) is 11.4. The Hall–Kier alpha value is -1.63. The van der Waals surface area contributed by atoms with Crippen LogP contribution in [0.15, 0.2) is 0 Å². The summed E-state index contributed by atoms with van der Waals surface area (Å²) in [6, 6.07) is 0. The van der Waals surface area contributed by atoms with Crippen molar-refractivity contribution in [3.05, 3.63) is 0 Å². The van der Waals surface area contributed by atoms with Gasteiger partial charge >= 0.3 is 17.9 Å². The molecule has 0 rings (SSSR count). The second kappa shape index (κ2) is 7.63. The molecule has 92 valence electrons. The minimum absolute atomic E-state index is 0.201. The monoisotopic (exact) mass is 234 g/mol. The molecule has 0 heterocycles. The van der Waals surface area contributed by atoms with E-state index in [1.165, 1.54) is 13.8 Å². The van der Waals surface area contributed by atoms with E-state index >= 15 is 0 Å². The Kier molecular flexibility index (Phi) is 6.86. The van der Waals surface area contributed by atoms with Crippen LogP contribution in [0.3, 0.4) is 0 Å². The third kappa shape index (κ3) is 7.74. The second-order valence-corrected chi connectivity index (χ2v) is 2.88. The van der Waals surface area contributed by atoms with Crippen molar-refractivity contribution in [3.8, 4) is 0 Å². The van der Waals surface area contributed by atoms with Crippen molar-refractivity contribution >= 4 is 17.9 Å². The van der Waals surface area contributed by atoms with E-state index in [-0.39, 0.29) is 13.2 Å². The van der Waals surface area contributed by atoms with Crippen LogP contribution in [-0.2, 0) is 28.6 Å². The quantitative estimate of drug-likeness (QED) is 0.465. The predicted molar refractivity (Wildman–Crippen MR) is 50.2 cm³/mol. The van der Waals surface area contributed by atoms with Crippen LogP contribution >= 0.6 is 0 Å². The maximum atomic E-state index is 10.7. The van der Waals surface area contributed by atoms with Gasteiger partial charge in [-0.25, -0.2) is 4.79 Å². The van der Waals surface area contributed by atoms with Gasteiger partial charge in [-0.15, -0.1) is 0 Å². The summed E-state index contributed by atoms with van der Waals surface area (Å²) in [6.45, 7) is 1.14. The summed E-state index contributed by atoms with van der Waals surface area (Å²) in [5.41, 5.74) is 0. The van der Waals surface area contributed by atoms with Crippen LogP contribution in [0.1, 0.15) is 13.8 Å². The lowest BCUT2D eigenvalue weighted by Crippen LogP contribution is -2.30. The molecular formula is C9H14O7. The van der Waals surface area contributed by atoms with Gasteiger partial charge in [0, 0.05) is 13.8 Å². The molecule has 0 fully saturated rings. The van der Waals surface area contributed by atoms with Gasteiger partial charge in [-0.1, -0.05) is 0 Å². The van der Waals surface area contributed by atoms with Crippen LogP contribution < -0.4 is 0 Å². The zero-order valence-electron chi connectivity index (χ0n) is 9.10. The van der Waals surface area contributed by atoms with Crippen molar-refractivity contribution < 1.29 is 33.7 Å². The molecule has 0 amide bonds. The van der Waals surface area contributed by atoms with Crippen molar-refractivity contribution in [1.82, 2.24) is 0 Å². The van der Waals surface area contributed by atoms with Crippen LogP contribution in [-0.4, -0.2) is 48.9 Å². The van der Waals surface area contributed by atoms with Crippen molar-refractivity contribution in [2.24, 2.45) is 0 Å². The number of aliphatic hydroxyl groups is 1. The number of esters is 3. The number of carbonyl (C=O) groups excluding carboxylic acids is 3. The average Bonchev–Trinajstić information content (AvgIpc) is 2.20. The van der Waals surface area contributed by atoms with Crippen molar-refractivity contribution in [1.29, 1.82) is 0 Å². The molecule has 0 bridgehead atoms. The molecular weight excluding hydrogens is 220 g/mol. The van der Waals surface area contributed by atoms with Gasteiger partial charge in [0.2, 0.25) is 0 Å². The van der Waals surface area contributed by atoms with E-state index in [0.717, 1.165) is 0 Å². The molecule has 0 saturated heterocycles. The fourth-order valence-electron chi connectivity index (χ4n) is 0.793. The minimum Gasteiger partial charge on any atom is -0.462 e. The first-order valence-corrected chi connectivity index (χ1v) is 4.52. The zero-order chi connectivity index (χ0) is 12.6. The highest BCUT2D eigenvalue weighted by molar-refractivity contribution is 5.70. The van der Waals surface area contributed by atoms with Crippen LogP contribution in [0.4, 0.5) is 0 Å². The number of ether oxygens (including phenoxy) is 3. The van der Waals surface area contributed by atoms with Gasteiger partial charge in [0.05, 0.1) is 0 Å². The summed E-state index contributed by atoms with van der Waals surface area (Å²) in [6.07, 6.45) is -0.864. The topological polar surface area (TPSA) is 99.1 Å². The lowest BCUT2D eigenvalue weighted by atomic mass is 10.4. The molecule has 0 aliphatic rings. The molecule has 0 saturated carbocycles. The molecule has 1 N–H and O–H groups in total. The average molecular weight is 234 g/mol. The van der Waals surface area contributed by atoms with E-state index in [4.69, 9.17) is 9.84 Å². The van der Waals surface area contributed by atoms with E-state index in [0.29, 0.717) is 0 Å². The number of rotatable bonds is 6. The molecule has 1 unspecified atom stereocenters. The lowest BCUT2D eigenvalue weighted by Gasteiger charge is -2.16. The first kappa shape index (κ1) is 14.4. The van der Waals surface area contributed by atoms with Gasteiger partial charge < -0.3 is 19.3 Å². The summed E-state index contributed by atoms with van der Waals surface area (Å²) in [5.74, 6) is -1.97. The SMILES string of the molecule is CC(=O)OCC(COC(=O)CO)OC(C)=O. The van der Waals surface area contributed by atoms with Crippen molar-refractivity contribution in [2.45, 2.75) is 20.0 Å². The Morgan fingerprint density at radius 1 is 1.06 bits per heavy atom. The third-order valence-electron chi connectivity index (χ3n) is 1.36. The molecule has 0 spiro atoms. The van der Waals surface area contributed by atoms with Gasteiger partial charge in [0.15, 0.2) is 6.10 Å². The molecule has 16 heavy (non-hydrogen) atoms. The zero-order valence-corrected chi connectivity index (χ0v) is 9.10. The Morgan fingerprint density at radius 3 is 2.06 bits per heavy atom. The third-order valence-corrected chi connectivity index (χ3v) is 1.36. The Balaban J connectivity index is 4.04. The van der Waals surface area contributed by atoms with Gasteiger partial charge in [-0.3, -0.25) is 9.59 Å². The number of hydrogen-bond acceptors (Lipinski definition) is 7. The van der Waals surface area contributed by atoms with Crippen LogP contribution in [0.2, 0.25) is 0 Å². The fraction of sp³-hybridized carbons (Fsp3) is 0.667. The highest BCUT2D eigenvalue weighted by Gasteiger charge is 2.16. The summed E-state index contributed by atoms with van der Waals surface area (Å²) in [4.78, 5) is 31.8. The Labute approximate surface area is 92.3 Å². The van der Waals surface area contributed by atoms with Gasteiger partial charge in [0.1, 0.15) is 19.8 Å². The number of hydrogen-bond donors (Lipinski definition) is 1. The van der Waals surface area contributed by atoms with E-state index in [9.17, 15) is 14.4 Å². The Bertz CT molecular complexity index is 261. The van der Waals surface area contributed by atoms with E-state index < -0.39 is 30.6 Å². The highest BCUT2D eigenvalue weighted by atomic mass is 16.6. The van der Waals surface area contributed by atoms with Gasteiger partial charge in [0.25, 0.3) is 0 Å². The van der Waals surface area contributed by atoms with E-state index in [2.05, 4.69) is 9.47 Å². The minimum atomic E-state index is -0.864. The largest absolute Gasteiger partial charge is 0.462 e. The molecule has 7 heteroatoms. The first-order valence-electron chi connectivity index (χ1n) is 4.52. The van der Waals surface area contributed by atoms with Gasteiger partial charge in [-0.2, -0.15) is 0 Å². The second-order valence-electron chi connectivity index (χ2n) is 2.88. The van der Waals surface area contributed by atoms with E-state index in [1.54, 1.807) is 0 Å². The first-order chi connectivity index (χ1) is 7.45. The van der Waals surface area contributed by atoms with Crippen LogP contribution in [0, 0.1) is 0 Å². The molecule has 0 radical (unpaired) electrons. The highest BCUT2D eigenvalue weighted by Crippen LogP contribution is 1.97. The lowest BCUT2D eigenvalue weighted by molar-refractivity contribution is -0.165.